The van der Waals surface area contributed by atoms with E-state index in [-0.39, 0.29) is 6.54 Å². The highest BCUT2D eigenvalue weighted by atomic mass is 16.6. The number of fused-ring (bicyclic) bond motifs is 3. The number of amides is 2. The third-order valence-electron chi connectivity index (χ3n) is 4.60. The van der Waals surface area contributed by atoms with Crippen molar-refractivity contribution in [1.82, 2.24) is 9.88 Å². The van der Waals surface area contributed by atoms with Gasteiger partial charge in [-0.1, -0.05) is 6.07 Å². The Labute approximate surface area is 156 Å². The van der Waals surface area contributed by atoms with E-state index in [1.807, 2.05) is 36.5 Å². The lowest BCUT2D eigenvalue weighted by atomic mass is 10.1. The lowest BCUT2D eigenvalue weighted by molar-refractivity contribution is 0.108. The second-order valence-electron chi connectivity index (χ2n) is 6.39. The maximum atomic E-state index is 12.3. The van der Waals surface area contributed by atoms with Crippen molar-refractivity contribution in [2.75, 3.05) is 24.6 Å². The summed E-state index contributed by atoms with van der Waals surface area (Å²) in [5, 5.41) is 2.60. The van der Waals surface area contributed by atoms with Gasteiger partial charge in [0, 0.05) is 23.1 Å². The average molecular weight is 371 g/mol. The zero-order valence-corrected chi connectivity index (χ0v) is 15.0. The van der Waals surface area contributed by atoms with Gasteiger partial charge in [0.2, 0.25) is 0 Å². The summed E-state index contributed by atoms with van der Waals surface area (Å²) in [7, 11) is 0. The summed E-state index contributed by atoms with van der Waals surface area (Å²) < 4.78 is 18.0. The number of ether oxygens (including phenoxy) is 3. The van der Waals surface area contributed by atoms with Crippen molar-refractivity contribution in [3.8, 4) is 5.69 Å². The molecule has 142 valence electrons. The van der Waals surface area contributed by atoms with Crippen molar-refractivity contribution in [2.24, 2.45) is 0 Å². The Balaban J connectivity index is 1.52. The van der Waals surface area contributed by atoms with Gasteiger partial charge in [0.1, 0.15) is 6.10 Å². The first-order valence-corrected chi connectivity index (χ1v) is 8.91. The fourth-order valence-electron chi connectivity index (χ4n) is 3.32. The van der Waals surface area contributed by atoms with Crippen LogP contribution in [0.5, 0.6) is 0 Å². The van der Waals surface area contributed by atoms with Gasteiger partial charge >= 0.3 is 12.2 Å². The van der Waals surface area contributed by atoms with Crippen molar-refractivity contribution >= 4 is 17.9 Å². The third-order valence-corrected chi connectivity index (χ3v) is 4.60. The molecule has 0 unspecified atom stereocenters. The van der Waals surface area contributed by atoms with Crippen LogP contribution in [0.3, 0.4) is 0 Å². The SMILES string of the molecule is CCOC(=O)NC[C@H]1CN(c2ccc3c(c2)-n2cccc2COC3)C(=O)O1. The molecule has 1 aromatic carbocycles. The minimum Gasteiger partial charge on any atom is -0.450 e. The first kappa shape index (κ1) is 17.4. The quantitative estimate of drug-likeness (QED) is 0.893. The lowest BCUT2D eigenvalue weighted by Gasteiger charge is -2.17. The number of alkyl carbamates (subject to hydrolysis) is 1. The molecular formula is C19H21N3O5. The maximum absolute atomic E-state index is 12.3. The summed E-state index contributed by atoms with van der Waals surface area (Å²) in [6.07, 6.45) is 0.618. The molecule has 27 heavy (non-hydrogen) atoms. The molecule has 0 saturated carbocycles. The standard InChI is InChI=1S/C19H21N3O5/c1-2-26-18(23)20-9-16-10-22(19(24)27-16)14-6-5-13-11-25-12-15-4-3-7-21(15)17(13)8-14/h3-8,16H,2,9-12H2,1H3,(H,20,23)/t16-/m0/s1. The molecule has 8 nitrogen and oxygen atoms in total. The van der Waals surface area contributed by atoms with Gasteiger partial charge in [-0.3, -0.25) is 4.90 Å². The Bertz CT molecular complexity index is 863. The van der Waals surface area contributed by atoms with Crippen LogP contribution in [0.25, 0.3) is 5.69 Å². The molecule has 2 aliphatic rings. The lowest BCUT2D eigenvalue weighted by Crippen LogP contribution is -2.35. The van der Waals surface area contributed by atoms with E-state index in [0.717, 1.165) is 22.6 Å². The number of hydrogen-bond donors (Lipinski definition) is 1. The van der Waals surface area contributed by atoms with Crippen molar-refractivity contribution in [2.45, 2.75) is 26.2 Å². The number of benzene rings is 1. The number of aromatic nitrogens is 1. The van der Waals surface area contributed by atoms with Crippen LogP contribution in [0.2, 0.25) is 0 Å². The van der Waals surface area contributed by atoms with Gasteiger partial charge in [-0.2, -0.15) is 0 Å². The van der Waals surface area contributed by atoms with Crippen LogP contribution in [0.1, 0.15) is 18.2 Å². The molecule has 1 aromatic heterocycles. The number of carbonyl (C=O) groups is 2. The maximum Gasteiger partial charge on any atom is 0.414 e. The van der Waals surface area contributed by atoms with E-state index in [2.05, 4.69) is 9.88 Å². The molecule has 0 aliphatic carbocycles. The van der Waals surface area contributed by atoms with Gasteiger partial charge in [0.05, 0.1) is 38.6 Å². The zero-order valence-electron chi connectivity index (χ0n) is 15.0. The van der Waals surface area contributed by atoms with Crippen molar-refractivity contribution < 1.29 is 23.8 Å². The number of nitrogens with one attached hydrogen (secondary N) is 1. The number of carbonyl (C=O) groups excluding carboxylic acids is 2. The zero-order chi connectivity index (χ0) is 18.8. The molecule has 1 saturated heterocycles. The van der Waals surface area contributed by atoms with Gasteiger partial charge < -0.3 is 24.1 Å². The van der Waals surface area contributed by atoms with E-state index in [4.69, 9.17) is 14.2 Å². The van der Waals surface area contributed by atoms with E-state index in [9.17, 15) is 9.59 Å². The molecule has 0 bridgehead atoms. The van der Waals surface area contributed by atoms with Crippen molar-refractivity contribution in [1.29, 1.82) is 0 Å². The molecule has 1 N–H and O–H groups in total. The number of rotatable bonds is 4. The first-order chi connectivity index (χ1) is 13.2. The molecular weight excluding hydrogens is 350 g/mol. The van der Waals surface area contributed by atoms with Gasteiger partial charge in [-0.25, -0.2) is 9.59 Å². The van der Waals surface area contributed by atoms with Crippen LogP contribution in [0.15, 0.2) is 36.5 Å². The molecule has 0 spiro atoms. The Morgan fingerprint density at radius 3 is 3.07 bits per heavy atom. The highest BCUT2D eigenvalue weighted by Crippen LogP contribution is 2.29. The molecule has 1 atom stereocenters. The normalized spacial score (nSPS) is 18.3. The summed E-state index contributed by atoms with van der Waals surface area (Å²) in [5.41, 5.74) is 3.86. The topological polar surface area (TPSA) is 82.0 Å². The number of nitrogens with zero attached hydrogens (tertiary/aromatic N) is 2. The van der Waals surface area contributed by atoms with Crippen LogP contribution < -0.4 is 10.2 Å². The van der Waals surface area contributed by atoms with Crippen molar-refractivity contribution in [3.05, 3.63) is 47.8 Å². The number of hydrogen-bond acceptors (Lipinski definition) is 5. The molecule has 2 aliphatic heterocycles. The van der Waals surface area contributed by atoms with Crippen LogP contribution in [-0.4, -0.2) is 42.6 Å². The minimum atomic E-state index is -0.517. The van der Waals surface area contributed by atoms with Gasteiger partial charge in [0.15, 0.2) is 0 Å². The van der Waals surface area contributed by atoms with Crippen LogP contribution in [-0.2, 0) is 27.4 Å². The van der Waals surface area contributed by atoms with Crippen LogP contribution in [0, 0.1) is 0 Å². The predicted octanol–water partition coefficient (Wildman–Crippen LogP) is 2.58. The fourth-order valence-corrected chi connectivity index (χ4v) is 3.32. The fraction of sp³-hybridized carbons (Fsp3) is 0.368. The Hall–Kier alpha value is -3.00. The molecule has 2 amide bonds. The van der Waals surface area contributed by atoms with Crippen LogP contribution in [0.4, 0.5) is 15.3 Å². The molecule has 2 aromatic rings. The number of cyclic esters (lactones) is 1. The van der Waals surface area contributed by atoms with E-state index in [0.29, 0.717) is 26.4 Å². The molecule has 4 rings (SSSR count). The smallest absolute Gasteiger partial charge is 0.414 e. The monoisotopic (exact) mass is 371 g/mol. The summed E-state index contributed by atoms with van der Waals surface area (Å²) in [4.78, 5) is 25.3. The Morgan fingerprint density at radius 2 is 2.22 bits per heavy atom. The third kappa shape index (κ3) is 3.48. The predicted molar refractivity (Wildman–Crippen MR) is 96.9 cm³/mol. The van der Waals surface area contributed by atoms with Crippen molar-refractivity contribution in [3.63, 3.8) is 0 Å². The average Bonchev–Trinajstić information content (AvgIpc) is 3.23. The highest BCUT2D eigenvalue weighted by Gasteiger charge is 2.33. The summed E-state index contributed by atoms with van der Waals surface area (Å²) in [6, 6.07) is 9.82. The molecule has 3 heterocycles. The second kappa shape index (κ2) is 7.32. The Kier molecular flexibility index (Phi) is 4.72. The summed E-state index contributed by atoms with van der Waals surface area (Å²) in [6.45, 7) is 3.66. The molecule has 0 radical (unpaired) electrons. The Morgan fingerprint density at radius 1 is 1.33 bits per heavy atom. The van der Waals surface area contributed by atoms with Gasteiger partial charge in [-0.15, -0.1) is 0 Å². The largest absolute Gasteiger partial charge is 0.450 e. The first-order valence-electron chi connectivity index (χ1n) is 8.91. The van der Waals surface area contributed by atoms with Gasteiger partial charge in [-0.05, 0) is 31.2 Å². The van der Waals surface area contributed by atoms with E-state index >= 15 is 0 Å². The van der Waals surface area contributed by atoms with E-state index < -0.39 is 18.3 Å². The summed E-state index contributed by atoms with van der Waals surface area (Å²) >= 11 is 0. The highest BCUT2D eigenvalue weighted by molar-refractivity contribution is 5.90. The molecule has 8 heteroatoms. The second-order valence-corrected chi connectivity index (χ2v) is 6.39. The van der Waals surface area contributed by atoms with Crippen LogP contribution >= 0.6 is 0 Å². The summed E-state index contributed by atoms with van der Waals surface area (Å²) in [5.74, 6) is 0. The molecule has 1 fully saturated rings. The van der Waals surface area contributed by atoms with E-state index in [1.165, 1.54) is 0 Å². The minimum absolute atomic E-state index is 0.210. The number of anilines is 1. The van der Waals surface area contributed by atoms with Gasteiger partial charge in [0.25, 0.3) is 0 Å². The van der Waals surface area contributed by atoms with E-state index in [1.54, 1.807) is 11.8 Å².